The van der Waals surface area contributed by atoms with Crippen LogP contribution in [0.3, 0.4) is 0 Å². The monoisotopic (exact) mass is 487 g/mol. The average Bonchev–Trinajstić information content (AvgIpc) is 2.83. The van der Waals surface area contributed by atoms with Crippen molar-refractivity contribution < 1.29 is 18.0 Å². The summed E-state index contributed by atoms with van der Waals surface area (Å²) in [5, 5.41) is 2.41. The molecule has 1 fully saturated rings. The van der Waals surface area contributed by atoms with Crippen LogP contribution in [-0.4, -0.2) is 35.4 Å². The average molecular weight is 488 g/mol. The molecule has 1 aliphatic heterocycles. The van der Waals surface area contributed by atoms with Gasteiger partial charge in [0, 0.05) is 18.4 Å². The molecule has 1 saturated heterocycles. The van der Waals surface area contributed by atoms with Gasteiger partial charge in [0.05, 0.1) is 22.2 Å². The van der Waals surface area contributed by atoms with Gasteiger partial charge in [-0.25, -0.2) is 0 Å². The molecule has 0 saturated carbocycles. The number of aromatic nitrogens is 1. The Morgan fingerprint density at radius 3 is 2.53 bits per heavy atom. The molecule has 2 heterocycles. The molecule has 2 atom stereocenters. The number of nitrogens with one attached hydrogen (secondary N) is 1. The topological polar surface area (TPSA) is 45.2 Å². The summed E-state index contributed by atoms with van der Waals surface area (Å²) in [6, 6.07) is 14.6. The minimum Gasteiger partial charge on any atom is -0.344 e. The van der Waals surface area contributed by atoms with Gasteiger partial charge in [0.1, 0.15) is 0 Å². The first-order valence-electron chi connectivity index (χ1n) is 11.1. The van der Waals surface area contributed by atoms with Crippen LogP contribution in [0.25, 0.3) is 11.1 Å². The summed E-state index contributed by atoms with van der Waals surface area (Å²) in [6.45, 7) is 0.880. The predicted octanol–water partition coefficient (Wildman–Crippen LogP) is 6.38. The van der Waals surface area contributed by atoms with Crippen LogP contribution in [0.5, 0.6) is 0 Å². The molecule has 0 unspecified atom stereocenters. The Bertz CT molecular complexity index is 1150. The van der Waals surface area contributed by atoms with Crippen LogP contribution >= 0.6 is 11.6 Å². The number of benzene rings is 2. The number of nitrogens with zero attached hydrogens (tertiary/aromatic N) is 2. The number of likely N-dealkylation sites (N-methyl/N-ethyl adjacent to an activating group) is 1. The van der Waals surface area contributed by atoms with Crippen molar-refractivity contribution in [3.63, 3.8) is 0 Å². The molecule has 0 aliphatic carbocycles. The number of likely N-dealkylation sites (tertiary alicyclic amines) is 1. The number of amides is 1. The lowest BCUT2D eigenvalue weighted by Gasteiger charge is -2.39. The van der Waals surface area contributed by atoms with E-state index in [-0.39, 0.29) is 11.6 Å². The summed E-state index contributed by atoms with van der Waals surface area (Å²) in [4.78, 5) is 19.5. The molecule has 1 aromatic heterocycles. The second-order valence-electron chi connectivity index (χ2n) is 8.52. The summed E-state index contributed by atoms with van der Waals surface area (Å²) < 4.78 is 40.0. The number of rotatable bonds is 5. The number of pyridine rings is 1. The third-order valence-electron chi connectivity index (χ3n) is 6.31. The Hall–Kier alpha value is -2.90. The van der Waals surface area contributed by atoms with Gasteiger partial charge in [-0.2, -0.15) is 13.2 Å². The Kier molecular flexibility index (Phi) is 7.24. The molecule has 178 valence electrons. The highest BCUT2D eigenvalue weighted by molar-refractivity contribution is 6.34. The number of carbonyl (C=O) groups excluding carboxylic acids is 1. The SMILES string of the molecule is CN1CCCC[C@H]1[C@@H](NC(=O)c1cccc(C(F)(F)F)c1Cl)c1cccc(-c2ccncc2)c1. The van der Waals surface area contributed by atoms with Crippen molar-refractivity contribution in [2.45, 2.75) is 37.5 Å². The molecule has 34 heavy (non-hydrogen) atoms. The van der Waals surface area contributed by atoms with E-state index in [1.54, 1.807) is 12.4 Å². The highest BCUT2D eigenvalue weighted by Crippen LogP contribution is 2.37. The van der Waals surface area contributed by atoms with E-state index < -0.39 is 28.7 Å². The van der Waals surface area contributed by atoms with Gasteiger partial charge in [-0.05, 0) is 73.5 Å². The van der Waals surface area contributed by atoms with Crippen molar-refractivity contribution in [3.8, 4) is 11.1 Å². The first kappa shape index (κ1) is 24.2. The van der Waals surface area contributed by atoms with Crippen molar-refractivity contribution in [1.29, 1.82) is 0 Å². The number of carbonyl (C=O) groups is 1. The van der Waals surface area contributed by atoms with Crippen molar-refractivity contribution in [3.05, 3.63) is 88.7 Å². The Morgan fingerprint density at radius 1 is 1.09 bits per heavy atom. The maximum Gasteiger partial charge on any atom is 0.417 e. The third-order valence-corrected chi connectivity index (χ3v) is 6.71. The fourth-order valence-corrected chi connectivity index (χ4v) is 4.84. The number of hydrogen-bond acceptors (Lipinski definition) is 3. The third kappa shape index (κ3) is 5.26. The Balaban J connectivity index is 1.71. The van der Waals surface area contributed by atoms with Crippen molar-refractivity contribution in [2.75, 3.05) is 13.6 Å². The number of halogens is 4. The second kappa shape index (κ2) is 10.2. The number of piperidine rings is 1. The van der Waals surface area contributed by atoms with Crippen LogP contribution in [0, 0.1) is 0 Å². The molecular weight excluding hydrogens is 463 g/mol. The lowest BCUT2D eigenvalue weighted by Crippen LogP contribution is -2.47. The maximum atomic E-state index is 13.3. The summed E-state index contributed by atoms with van der Waals surface area (Å²) in [5.74, 6) is -0.630. The highest BCUT2D eigenvalue weighted by Gasteiger charge is 2.36. The van der Waals surface area contributed by atoms with E-state index in [2.05, 4.69) is 15.2 Å². The smallest absolute Gasteiger partial charge is 0.344 e. The normalized spacial score (nSPS) is 17.9. The van der Waals surface area contributed by atoms with Gasteiger partial charge in [0.15, 0.2) is 0 Å². The molecule has 1 N–H and O–H groups in total. The van der Waals surface area contributed by atoms with Crippen LogP contribution in [0.15, 0.2) is 67.0 Å². The molecule has 4 nitrogen and oxygen atoms in total. The molecule has 1 amide bonds. The number of hydrogen-bond donors (Lipinski definition) is 1. The van der Waals surface area contributed by atoms with E-state index >= 15 is 0 Å². The minimum atomic E-state index is -4.64. The molecule has 3 aromatic rings. The van der Waals surface area contributed by atoms with E-state index in [4.69, 9.17) is 11.6 Å². The van der Waals surface area contributed by atoms with Gasteiger partial charge in [0.2, 0.25) is 0 Å². The Labute approximate surface area is 201 Å². The van der Waals surface area contributed by atoms with Crippen molar-refractivity contribution >= 4 is 17.5 Å². The highest BCUT2D eigenvalue weighted by atomic mass is 35.5. The van der Waals surface area contributed by atoms with Crippen LogP contribution < -0.4 is 5.32 Å². The van der Waals surface area contributed by atoms with E-state index in [1.165, 1.54) is 12.1 Å². The summed E-state index contributed by atoms with van der Waals surface area (Å²) in [5.41, 5.74) is 1.62. The van der Waals surface area contributed by atoms with E-state index in [9.17, 15) is 18.0 Å². The largest absolute Gasteiger partial charge is 0.417 e. The zero-order valence-electron chi connectivity index (χ0n) is 18.6. The summed E-state index contributed by atoms with van der Waals surface area (Å²) in [6.07, 6.45) is 1.71. The van der Waals surface area contributed by atoms with Gasteiger partial charge in [-0.1, -0.05) is 42.3 Å². The molecule has 2 aromatic carbocycles. The van der Waals surface area contributed by atoms with Crippen molar-refractivity contribution in [2.24, 2.45) is 0 Å². The summed E-state index contributed by atoms with van der Waals surface area (Å²) >= 11 is 6.04. The zero-order chi connectivity index (χ0) is 24.3. The molecule has 0 radical (unpaired) electrons. The molecule has 0 spiro atoms. The molecular formula is C26H25ClF3N3O. The molecule has 8 heteroatoms. The molecule has 1 aliphatic rings. The first-order chi connectivity index (χ1) is 16.3. The van der Waals surface area contributed by atoms with Crippen LogP contribution in [0.2, 0.25) is 5.02 Å². The quantitative estimate of drug-likeness (QED) is 0.454. The van der Waals surface area contributed by atoms with Crippen molar-refractivity contribution in [1.82, 2.24) is 15.2 Å². The van der Waals surface area contributed by atoms with Gasteiger partial charge in [-0.3, -0.25) is 9.78 Å². The van der Waals surface area contributed by atoms with Crippen LogP contribution in [0.4, 0.5) is 13.2 Å². The number of alkyl halides is 3. The maximum absolute atomic E-state index is 13.3. The van der Waals surface area contributed by atoms with Gasteiger partial charge >= 0.3 is 6.18 Å². The van der Waals surface area contributed by atoms with Crippen LogP contribution in [0.1, 0.15) is 46.8 Å². The van der Waals surface area contributed by atoms with Gasteiger partial charge < -0.3 is 10.2 Å². The lowest BCUT2D eigenvalue weighted by molar-refractivity contribution is -0.137. The predicted molar refractivity (Wildman–Crippen MR) is 127 cm³/mol. The van der Waals surface area contributed by atoms with E-state index in [0.717, 1.165) is 48.6 Å². The van der Waals surface area contributed by atoms with Crippen LogP contribution in [-0.2, 0) is 6.18 Å². The first-order valence-corrected chi connectivity index (χ1v) is 11.5. The standard InChI is InChI=1S/C26H25ClF3N3O/c1-33-15-3-2-10-22(33)24(19-7-4-6-18(16-19)17-11-13-31-14-12-17)32-25(34)20-8-5-9-21(23(20)27)26(28,29)30/h4-9,11-14,16,22,24H,2-3,10,15H2,1H3,(H,32,34)/t22-,24-/m0/s1. The Morgan fingerprint density at radius 2 is 1.82 bits per heavy atom. The zero-order valence-corrected chi connectivity index (χ0v) is 19.4. The van der Waals surface area contributed by atoms with E-state index in [0.29, 0.717) is 0 Å². The molecule has 4 rings (SSSR count). The lowest BCUT2D eigenvalue weighted by atomic mass is 9.89. The summed E-state index contributed by atoms with van der Waals surface area (Å²) in [7, 11) is 2.01. The van der Waals surface area contributed by atoms with Gasteiger partial charge in [0.25, 0.3) is 5.91 Å². The fourth-order valence-electron chi connectivity index (χ4n) is 4.53. The molecule has 0 bridgehead atoms. The van der Waals surface area contributed by atoms with Gasteiger partial charge in [-0.15, -0.1) is 0 Å². The van der Waals surface area contributed by atoms with E-state index in [1.807, 2.05) is 43.4 Å². The second-order valence-corrected chi connectivity index (χ2v) is 8.90. The minimum absolute atomic E-state index is 0.00466. The fraction of sp³-hybridized carbons (Fsp3) is 0.308.